The summed E-state index contributed by atoms with van der Waals surface area (Å²) in [5, 5.41) is 0. The van der Waals surface area contributed by atoms with Crippen LogP contribution in [-0.2, 0) is 13.0 Å². The molecule has 2 rings (SSSR count). The lowest BCUT2D eigenvalue weighted by molar-refractivity contribution is 0.102. The molecule has 1 aromatic carbocycles. The van der Waals surface area contributed by atoms with E-state index in [2.05, 4.69) is 4.98 Å². The molecule has 5 nitrogen and oxygen atoms in total. The molecule has 0 aliphatic heterocycles. The van der Waals surface area contributed by atoms with E-state index in [0.29, 0.717) is 23.4 Å². The van der Waals surface area contributed by atoms with Crippen LogP contribution in [0.1, 0.15) is 39.7 Å². The van der Waals surface area contributed by atoms with Crippen LogP contribution in [0.15, 0.2) is 39.9 Å². The summed E-state index contributed by atoms with van der Waals surface area (Å²) in [4.78, 5) is 39.9. The van der Waals surface area contributed by atoms with Crippen LogP contribution in [-0.4, -0.2) is 21.2 Å². The number of alkyl halides is 1. The number of aromatic nitrogens is 2. The number of carbonyl (C=O) groups is 1. The van der Waals surface area contributed by atoms with Crippen LogP contribution < -0.4 is 11.2 Å². The van der Waals surface area contributed by atoms with E-state index in [9.17, 15) is 14.4 Å². The Labute approximate surface area is 151 Å². The number of nitrogens with one attached hydrogen (secondary N) is 1. The Bertz CT molecular complexity index is 918. The number of benzene rings is 1. The van der Waals surface area contributed by atoms with Gasteiger partial charge in [-0.3, -0.25) is 19.1 Å². The van der Waals surface area contributed by atoms with Gasteiger partial charge < -0.3 is 0 Å². The molecule has 0 amide bonds. The Morgan fingerprint density at radius 3 is 2.36 bits per heavy atom. The second-order valence-electron chi connectivity index (χ2n) is 5.88. The predicted molar refractivity (Wildman–Crippen MR) is 99.9 cm³/mol. The molecular weight excluding hydrogens is 340 g/mol. The lowest BCUT2D eigenvalue weighted by Gasteiger charge is -2.14. The van der Waals surface area contributed by atoms with Crippen LogP contribution in [0.3, 0.4) is 0 Å². The molecule has 0 atom stereocenters. The smallest absolute Gasteiger partial charge is 0.287 e. The zero-order chi connectivity index (χ0) is 18.6. The summed E-state index contributed by atoms with van der Waals surface area (Å²) in [7, 11) is 0. The van der Waals surface area contributed by atoms with Crippen molar-refractivity contribution in [2.75, 3.05) is 5.88 Å². The van der Waals surface area contributed by atoms with Gasteiger partial charge in [0.1, 0.15) is 5.69 Å². The zero-order valence-electron chi connectivity index (χ0n) is 14.6. The van der Waals surface area contributed by atoms with Gasteiger partial charge in [-0.05, 0) is 32.4 Å². The molecule has 0 bridgehead atoms. The Balaban J connectivity index is 2.72. The van der Waals surface area contributed by atoms with Gasteiger partial charge in [0.2, 0.25) is 5.78 Å². The maximum atomic E-state index is 13.1. The quantitative estimate of drug-likeness (QED) is 0.489. The molecule has 1 heterocycles. The topological polar surface area (TPSA) is 71.9 Å². The van der Waals surface area contributed by atoms with E-state index in [-0.39, 0.29) is 18.0 Å². The standard InChI is InChI=1S/C19H21ClN2O3/c1-4-15-16(17(23)14-10-12(2)9-13(3)11-14)22(8-6-5-7-20)19(25)21-18(15)24/h5-6,9-11H,4,7-8H2,1-3H3,(H,21,24,25). The van der Waals surface area contributed by atoms with E-state index in [0.717, 1.165) is 11.1 Å². The molecule has 0 aliphatic carbocycles. The molecule has 0 saturated carbocycles. The van der Waals surface area contributed by atoms with Crippen molar-refractivity contribution in [2.24, 2.45) is 0 Å². The molecule has 25 heavy (non-hydrogen) atoms. The van der Waals surface area contributed by atoms with Crippen LogP contribution in [0.25, 0.3) is 0 Å². The van der Waals surface area contributed by atoms with Crippen LogP contribution in [0.4, 0.5) is 0 Å². The molecule has 0 saturated heterocycles. The minimum atomic E-state index is -0.603. The fraction of sp³-hybridized carbons (Fsp3) is 0.316. The summed E-state index contributed by atoms with van der Waals surface area (Å²) in [6, 6.07) is 5.49. The first-order valence-electron chi connectivity index (χ1n) is 8.09. The second-order valence-corrected chi connectivity index (χ2v) is 6.19. The average Bonchev–Trinajstić information content (AvgIpc) is 2.55. The summed E-state index contributed by atoms with van der Waals surface area (Å²) < 4.78 is 1.29. The first-order chi connectivity index (χ1) is 11.9. The number of hydrogen-bond donors (Lipinski definition) is 1. The van der Waals surface area contributed by atoms with Crippen LogP contribution in [0.5, 0.6) is 0 Å². The van der Waals surface area contributed by atoms with Crippen LogP contribution in [0, 0.1) is 13.8 Å². The van der Waals surface area contributed by atoms with Gasteiger partial charge in [0.25, 0.3) is 5.56 Å². The normalized spacial score (nSPS) is 11.2. The van der Waals surface area contributed by atoms with E-state index < -0.39 is 11.2 Å². The number of ketones is 1. The fourth-order valence-electron chi connectivity index (χ4n) is 2.86. The lowest BCUT2D eigenvalue weighted by atomic mass is 9.99. The summed E-state index contributed by atoms with van der Waals surface area (Å²) >= 11 is 5.63. The molecule has 0 aliphatic rings. The highest BCUT2D eigenvalue weighted by Gasteiger charge is 2.21. The molecule has 2 aromatic rings. The van der Waals surface area contributed by atoms with Crippen LogP contribution in [0.2, 0.25) is 0 Å². The van der Waals surface area contributed by atoms with Gasteiger partial charge >= 0.3 is 5.69 Å². The van der Waals surface area contributed by atoms with Crippen molar-refractivity contribution >= 4 is 17.4 Å². The van der Waals surface area contributed by atoms with Gasteiger partial charge in [-0.1, -0.05) is 36.3 Å². The maximum absolute atomic E-state index is 13.1. The molecular formula is C19H21ClN2O3. The minimum absolute atomic E-state index is 0.139. The fourth-order valence-corrected chi connectivity index (χ4v) is 2.99. The Morgan fingerprint density at radius 1 is 1.16 bits per heavy atom. The van der Waals surface area contributed by atoms with Gasteiger partial charge in [0.15, 0.2) is 0 Å². The third-order valence-electron chi connectivity index (χ3n) is 3.89. The third-order valence-corrected chi connectivity index (χ3v) is 4.07. The average molecular weight is 361 g/mol. The number of rotatable bonds is 6. The molecule has 1 N–H and O–H groups in total. The molecule has 0 spiro atoms. The van der Waals surface area contributed by atoms with Crippen molar-refractivity contribution < 1.29 is 4.79 Å². The number of aromatic amines is 1. The molecule has 0 unspecified atom stereocenters. The number of H-pyrrole nitrogens is 1. The highest BCUT2D eigenvalue weighted by atomic mass is 35.5. The first-order valence-corrected chi connectivity index (χ1v) is 8.62. The number of carbonyl (C=O) groups excluding carboxylic acids is 1. The van der Waals surface area contributed by atoms with E-state index in [1.165, 1.54) is 4.57 Å². The third kappa shape index (κ3) is 4.17. The Hall–Kier alpha value is -2.40. The lowest BCUT2D eigenvalue weighted by Crippen LogP contribution is -2.37. The minimum Gasteiger partial charge on any atom is -0.287 e. The maximum Gasteiger partial charge on any atom is 0.329 e. The van der Waals surface area contributed by atoms with E-state index in [4.69, 9.17) is 11.6 Å². The molecule has 132 valence electrons. The van der Waals surface area contributed by atoms with Crippen molar-refractivity contribution in [3.8, 4) is 0 Å². The highest BCUT2D eigenvalue weighted by Crippen LogP contribution is 2.15. The summed E-state index contributed by atoms with van der Waals surface area (Å²) in [5.41, 5.74) is 1.69. The van der Waals surface area contributed by atoms with Gasteiger partial charge in [-0.2, -0.15) is 0 Å². The van der Waals surface area contributed by atoms with Crippen molar-refractivity contribution in [1.29, 1.82) is 0 Å². The van der Waals surface area contributed by atoms with E-state index >= 15 is 0 Å². The van der Waals surface area contributed by atoms with Crippen molar-refractivity contribution in [3.63, 3.8) is 0 Å². The monoisotopic (exact) mass is 360 g/mol. The highest BCUT2D eigenvalue weighted by molar-refractivity contribution is 6.18. The van der Waals surface area contributed by atoms with Crippen molar-refractivity contribution in [3.05, 3.63) is 79.1 Å². The first kappa shape index (κ1) is 18.9. The number of aryl methyl sites for hydroxylation is 2. The predicted octanol–water partition coefficient (Wildman–Crippen LogP) is 2.74. The summed E-state index contributed by atoms with van der Waals surface area (Å²) in [6.45, 7) is 5.75. The number of hydrogen-bond acceptors (Lipinski definition) is 3. The molecule has 6 heteroatoms. The van der Waals surface area contributed by atoms with Crippen molar-refractivity contribution in [2.45, 2.75) is 33.7 Å². The number of halogens is 1. The summed E-state index contributed by atoms with van der Waals surface area (Å²) in [5.74, 6) is -0.0230. The van der Waals surface area contributed by atoms with Gasteiger partial charge in [0, 0.05) is 23.6 Å². The van der Waals surface area contributed by atoms with Gasteiger partial charge in [-0.25, -0.2) is 4.79 Å². The summed E-state index contributed by atoms with van der Waals surface area (Å²) in [6.07, 6.45) is 3.74. The van der Waals surface area contributed by atoms with Crippen molar-refractivity contribution in [1.82, 2.24) is 9.55 Å². The zero-order valence-corrected chi connectivity index (χ0v) is 15.3. The van der Waals surface area contributed by atoms with E-state index in [1.54, 1.807) is 31.2 Å². The SMILES string of the molecule is CCc1c(C(=O)c2cc(C)cc(C)c2)n(CC=CCCl)c(=O)[nH]c1=O. The van der Waals surface area contributed by atoms with E-state index in [1.807, 2.05) is 19.9 Å². The number of nitrogens with zero attached hydrogens (tertiary/aromatic N) is 1. The van der Waals surface area contributed by atoms with Gasteiger partial charge in [0.05, 0.1) is 0 Å². The second kappa shape index (κ2) is 8.12. The molecule has 0 fully saturated rings. The Morgan fingerprint density at radius 2 is 1.80 bits per heavy atom. The number of allylic oxidation sites excluding steroid dienone is 2. The molecule has 1 aromatic heterocycles. The van der Waals surface area contributed by atoms with Crippen LogP contribution >= 0.6 is 11.6 Å². The molecule has 0 radical (unpaired) electrons. The Kier molecular flexibility index (Phi) is 6.15. The largest absolute Gasteiger partial charge is 0.329 e. The van der Waals surface area contributed by atoms with Gasteiger partial charge in [-0.15, -0.1) is 11.6 Å².